The van der Waals surface area contributed by atoms with Crippen LogP contribution in [0.15, 0.2) is 47.1 Å². The van der Waals surface area contributed by atoms with Gasteiger partial charge in [-0.1, -0.05) is 12.1 Å². The van der Waals surface area contributed by atoms with Crippen LogP contribution in [0.5, 0.6) is 0 Å². The van der Waals surface area contributed by atoms with Crippen molar-refractivity contribution in [1.29, 1.82) is 0 Å². The predicted octanol–water partition coefficient (Wildman–Crippen LogP) is 3.92. The van der Waals surface area contributed by atoms with Crippen LogP contribution in [-0.2, 0) is 0 Å². The van der Waals surface area contributed by atoms with E-state index in [1.807, 2.05) is 44.2 Å². The van der Waals surface area contributed by atoms with E-state index in [2.05, 4.69) is 31.5 Å². The molecule has 2 N–H and O–H groups in total. The number of benzene rings is 1. The molecular weight excluding hydrogens is 318 g/mol. The van der Waals surface area contributed by atoms with Crippen molar-refractivity contribution < 1.29 is 4.79 Å². The van der Waals surface area contributed by atoms with E-state index in [-0.39, 0.29) is 5.91 Å². The third-order valence-corrected chi connectivity index (χ3v) is 3.26. The van der Waals surface area contributed by atoms with Crippen LogP contribution in [0.4, 0.5) is 11.4 Å². The number of hydrogen-bond acceptors (Lipinski definition) is 3. The lowest BCUT2D eigenvalue weighted by atomic mass is 10.2. The fourth-order valence-corrected chi connectivity index (χ4v) is 2.11. The van der Waals surface area contributed by atoms with Crippen LogP contribution in [0.25, 0.3) is 0 Å². The number of nitrogens with one attached hydrogen (secondary N) is 2. The molecule has 1 amide bonds. The van der Waals surface area contributed by atoms with Crippen molar-refractivity contribution in [3.05, 3.63) is 52.8 Å². The normalized spacial score (nSPS) is 10.4. The number of aromatic nitrogens is 1. The molecule has 0 spiro atoms. The number of hydrogen-bond donors (Lipinski definition) is 2. The first-order valence-electron chi connectivity index (χ1n) is 6.34. The van der Waals surface area contributed by atoms with E-state index < -0.39 is 0 Å². The van der Waals surface area contributed by atoms with E-state index in [1.54, 1.807) is 12.3 Å². The lowest BCUT2D eigenvalue weighted by Crippen LogP contribution is -2.15. The van der Waals surface area contributed by atoms with Crippen LogP contribution in [-0.4, -0.2) is 16.9 Å². The van der Waals surface area contributed by atoms with Gasteiger partial charge in [-0.3, -0.25) is 9.78 Å². The zero-order chi connectivity index (χ0) is 14.5. The highest BCUT2D eigenvalue weighted by atomic mass is 79.9. The van der Waals surface area contributed by atoms with Gasteiger partial charge in [-0.15, -0.1) is 0 Å². The molecule has 104 valence electrons. The Morgan fingerprint density at radius 2 is 2.00 bits per heavy atom. The van der Waals surface area contributed by atoms with Gasteiger partial charge in [-0.05, 0) is 54.0 Å². The summed E-state index contributed by atoms with van der Waals surface area (Å²) in [5, 5.41) is 6.08. The Bertz CT molecular complexity index is 614. The van der Waals surface area contributed by atoms with Crippen molar-refractivity contribution in [2.75, 3.05) is 10.6 Å². The van der Waals surface area contributed by atoms with E-state index in [9.17, 15) is 4.79 Å². The lowest BCUT2D eigenvalue weighted by molar-refractivity contribution is 0.102. The van der Waals surface area contributed by atoms with Gasteiger partial charge in [0.05, 0.1) is 5.69 Å². The Labute approximate surface area is 126 Å². The number of halogens is 1. The number of anilines is 2. The van der Waals surface area contributed by atoms with Crippen molar-refractivity contribution in [3.8, 4) is 0 Å². The standard InChI is InChI=1S/C15H16BrN3O/c1-10(2)18-11-7-8-17-14(9-11)15(20)19-13-6-4-3-5-12(13)16/h3-10H,1-2H3,(H,17,18)(H,19,20). The minimum atomic E-state index is -0.232. The van der Waals surface area contributed by atoms with Crippen LogP contribution in [0.3, 0.4) is 0 Å². The second kappa shape index (κ2) is 6.52. The molecule has 2 aromatic rings. The van der Waals surface area contributed by atoms with Gasteiger partial charge in [0.15, 0.2) is 0 Å². The van der Waals surface area contributed by atoms with E-state index in [0.717, 1.165) is 15.8 Å². The average molecular weight is 334 g/mol. The number of para-hydroxylation sites is 1. The molecule has 0 unspecified atom stereocenters. The monoisotopic (exact) mass is 333 g/mol. The van der Waals surface area contributed by atoms with Crippen molar-refractivity contribution in [3.63, 3.8) is 0 Å². The summed E-state index contributed by atoms with van der Waals surface area (Å²) in [6.07, 6.45) is 1.62. The second-order valence-electron chi connectivity index (χ2n) is 4.66. The molecule has 0 aliphatic rings. The zero-order valence-electron chi connectivity index (χ0n) is 11.4. The smallest absolute Gasteiger partial charge is 0.274 e. The molecule has 1 aromatic heterocycles. The largest absolute Gasteiger partial charge is 0.383 e. The number of carbonyl (C=O) groups is 1. The molecule has 0 bridgehead atoms. The molecule has 20 heavy (non-hydrogen) atoms. The minimum Gasteiger partial charge on any atom is -0.383 e. The first-order chi connectivity index (χ1) is 9.56. The molecule has 1 heterocycles. The Morgan fingerprint density at radius 3 is 2.70 bits per heavy atom. The fraction of sp³-hybridized carbons (Fsp3) is 0.200. The zero-order valence-corrected chi connectivity index (χ0v) is 12.9. The second-order valence-corrected chi connectivity index (χ2v) is 5.52. The van der Waals surface area contributed by atoms with Crippen LogP contribution >= 0.6 is 15.9 Å². The summed E-state index contributed by atoms with van der Waals surface area (Å²) in [7, 11) is 0. The molecule has 0 aliphatic heterocycles. The van der Waals surface area contributed by atoms with Gasteiger partial charge in [0, 0.05) is 22.4 Å². The summed E-state index contributed by atoms with van der Waals surface area (Å²) in [5.74, 6) is -0.232. The van der Waals surface area contributed by atoms with Crippen molar-refractivity contribution in [1.82, 2.24) is 4.98 Å². The molecule has 0 saturated heterocycles. The summed E-state index contributed by atoms with van der Waals surface area (Å²) in [6, 6.07) is 11.4. The highest BCUT2D eigenvalue weighted by molar-refractivity contribution is 9.10. The van der Waals surface area contributed by atoms with Crippen LogP contribution in [0, 0.1) is 0 Å². The molecule has 0 radical (unpaired) electrons. The van der Waals surface area contributed by atoms with Crippen molar-refractivity contribution in [2.45, 2.75) is 19.9 Å². The van der Waals surface area contributed by atoms with Gasteiger partial charge >= 0.3 is 0 Å². The van der Waals surface area contributed by atoms with Gasteiger partial charge in [0.25, 0.3) is 5.91 Å². The fourth-order valence-electron chi connectivity index (χ4n) is 1.73. The van der Waals surface area contributed by atoms with Gasteiger partial charge in [-0.25, -0.2) is 0 Å². The number of nitrogens with zero attached hydrogens (tertiary/aromatic N) is 1. The Balaban J connectivity index is 2.15. The number of carbonyl (C=O) groups excluding carboxylic acids is 1. The maximum absolute atomic E-state index is 12.2. The van der Waals surface area contributed by atoms with E-state index in [0.29, 0.717) is 11.7 Å². The maximum atomic E-state index is 12.2. The van der Waals surface area contributed by atoms with Gasteiger partial charge in [-0.2, -0.15) is 0 Å². The highest BCUT2D eigenvalue weighted by Gasteiger charge is 2.10. The highest BCUT2D eigenvalue weighted by Crippen LogP contribution is 2.22. The molecule has 1 aromatic carbocycles. The first kappa shape index (κ1) is 14.5. The molecule has 2 rings (SSSR count). The molecule has 0 fully saturated rings. The summed E-state index contributed by atoms with van der Waals surface area (Å²) in [6.45, 7) is 4.09. The molecule has 5 heteroatoms. The van der Waals surface area contributed by atoms with Crippen molar-refractivity contribution in [2.24, 2.45) is 0 Å². The molecule has 0 atom stereocenters. The summed E-state index contributed by atoms with van der Waals surface area (Å²) in [4.78, 5) is 16.3. The van der Waals surface area contributed by atoms with Crippen LogP contribution < -0.4 is 10.6 Å². The third kappa shape index (κ3) is 3.81. The number of rotatable bonds is 4. The summed E-state index contributed by atoms with van der Waals surface area (Å²) in [5.41, 5.74) is 1.99. The lowest BCUT2D eigenvalue weighted by Gasteiger charge is -2.11. The predicted molar refractivity (Wildman–Crippen MR) is 85.1 cm³/mol. The molecule has 4 nitrogen and oxygen atoms in total. The van der Waals surface area contributed by atoms with Gasteiger partial charge in [0.2, 0.25) is 0 Å². The first-order valence-corrected chi connectivity index (χ1v) is 7.14. The quantitative estimate of drug-likeness (QED) is 0.891. The Kier molecular flexibility index (Phi) is 4.74. The third-order valence-electron chi connectivity index (χ3n) is 2.57. The van der Waals surface area contributed by atoms with E-state index in [4.69, 9.17) is 0 Å². The number of amides is 1. The Morgan fingerprint density at radius 1 is 1.25 bits per heavy atom. The average Bonchev–Trinajstić information content (AvgIpc) is 2.41. The molecule has 0 aliphatic carbocycles. The number of pyridine rings is 1. The summed E-state index contributed by atoms with van der Waals surface area (Å²) < 4.78 is 0.838. The van der Waals surface area contributed by atoms with Crippen LogP contribution in [0.2, 0.25) is 0 Å². The van der Waals surface area contributed by atoms with Gasteiger partial charge in [0.1, 0.15) is 5.69 Å². The van der Waals surface area contributed by atoms with Crippen molar-refractivity contribution >= 4 is 33.2 Å². The maximum Gasteiger partial charge on any atom is 0.274 e. The van der Waals surface area contributed by atoms with E-state index in [1.165, 1.54) is 0 Å². The topological polar surface area (TPSA) is 54.0 Å². The SMILES string of the molecule is CC(C)Nc1ccnc(C(=O)Nc2ccccc2Br)c1. The van der Waals surface area contributed by atoms with Crippen LogP contribution in [0.1, 0.15) is 24.3 Å². The Hall–Kier alpha value is -1.88. The molecular formula is C15H16BrN3O. The van der Waals surface area contributed by atoms with E-state index >= 15 is 0 Å². The molecule has 0 saturated carbocycles. The van der Waals surface area contributed by atoms with Gasteiger partial charge < -0.3 is 10.6 Å². The summed E-state index contributed by atoms with van der Waals surface area (Å²) >= 11 is 3.40. The minimum absolute atomic E-state index is 0.232.